The highest BCUT2D eigenvalue weighted by atomic mass is 32.2. The highest BCUT2D eigenvalue weighted by Gasteiger charge is 2.31. The van der Waals surface area contributed by atoms with Crippen molar-refractivity contribution in [3.63, 3.8) is 0 Å². The molecule has 8 nitrogen and oxygen atoms in total. The van der Waals surface area contributed by atoms with Crippen molar-refractivity contribution in [2.75, 3.05) is 25.0 Å². The van der Waals surface area contributed by atoms with Crippen LogP contribution in [0.15, 0.2) is 47.4 Å². The number of nitrogens with zero attached hydrogens (tertiary/aromatic N) is 3. The van der Waals surface area contributed by atoms with Crippen molar-refractivity contribution in [1.82, 2.24) is 14.1 Å². The first-order chi connectivity index (χ1) is 16.9. The molecule has 1 N–H and O–H groups in total. The Labute approximate surface area is 206 Å². The third-order valence-corrected chi connectivity index (χ3v) is 8.53. The lowest BCUT2D eigenvalue weighted by atomic mass is 10.2. The molecule has 1 aliphatic heterocycles. The van der Waals surface area contributed by atoms with E-state index in [-0.39, 0.29) is 10.8 Å². The molecule has 0 unspecified atom stereocenters. The van der Waals surface area contributed by atoms with Crippen LogP contribution >= 0.6 is 0 Å². The standard InChI is InChI=1S/C26H30N4O4S/c1-3-34-23-14-11-19(17-24(23)35(32,33)29-15-4-5-16-29)27-26(31)25-21-7-6-8-22(21)30(28-25)20-12-9-18(2)10-13-20/h9-14,17H,3-8,15-16H2,1-2H3,(H,27,31). The number of aromatic nitrogens is 2. The number of hydrogen-bond donors (Lipinski definition) is 1. The van der Waals surface area contributed by atoms with Crippen molar-refractivity contribution in [1.29, 1.82) is 0 Å². The summed E-state index contributed by atoms with van der Waals surface area (Å²) in [5.41, 5.74) is 4.88. The molecule has 3 aromatic rings. The number of anilines is 1. The molecule has 9 heteroatoms. The second-order valence-electron chi connectivity index (χ2n) is 9.03. The van der Waals surface area contributed by atoms with E-state index in [1.165, 1.54) is 10.4 Å². The quantitative estimate of drug-likeness (QED) is 0.534. The summed E-state index contributed by atoms with van der Waals surface area (Å²) in [6.45, 7) is 5.18. The van der Waals surface area contributed by atoms with Crippen LogP contribution in [0.3, 0.4) is 0 Å². The van der Waals surface area contributed by atoms with Gasteiger partial charge in [-0.05, 0) is 76.3 Å². The maximum atomic E-state index is 13.3. The minimum absolute atomic E-state index is 0.0782. The van der Waals surface area contributed by atoms with Gasteiger partial charge in [-0.15, -0.1) is 0 Å². The zero-order valence-corrected chi connectivity index (χ0v) is 20.9. The molecule has 0 radical (unpaired) electrons. The van der Waals surface area contributed by atoms with Crippen molar-refractivity contribution in [3.05, 3.63) is 65.0 Å². The number of carbonyl (C=O) groups is 1. The monoisotopic (exact) mass is 494 g/mol. The van der Waals surface area contributed by atoms with Crippen LogP contribution < -0.4 is 10.1 Å². The Morgan fingerprint density at radius 3 is 2.51 bits per heavy atom. The minimum atomic E-state index is -3.72. The van der Waals surface area contributed by atoms with Gasteiger partial charge >= 0.3 is 0 Å². The molecular weight excluding hydrogens is 464 g/mol. The number of sulfonamides is 1. The van der Waals surface area contributed by atoms with Crippen LogP contribution in [-0.4, -0.2) is 48.1 Å². The summed E-state index contributed by atoms with van der Waals surface area (Å²) in [7, 11) is -3.72. The molecule has 184 valence electrons. The molecule has 1 aromatic heterocycles. The number of nitrogens with one attached hydrogen (secondary N) is 1. The molecule has 0 spiro atoms. The van der Waals surface area contributed by atoms with E-state index in [0.29, 0.717) is 36.8 Å². The lowest BCUT2D eigenvalue weighted by molar-refractivity contribution is 0.102. The molecule has 1 saturated heterocycles. The first-order valence-electron chi connectivity index (χ1n) is 12.1. The average molecular weight is 495 g/mol. The Balaban J connectivity index is 1.47. The van der Waals surface area contributed by atoms with Crippen molar-refractivity contribution in [2.45, 2.75) is 50.8 Å². The molecule has 2 aliphatic rings. The lowest BCUT2D eigenvalue weighted by Gasteiger charge is -2.19. The summed E-state index contributed by atoms with van der Waals surface area (Å²) in [5.74, 6) is -0.0513. The topological polar surface area (TPSA) is 93.5 Å². The van der Waals surface area contributed by atoms with Gasteiger partial charge in [-0.25, -0.2) is 13.1 Å². The van der Waals surface area contributed by atoms with Gasteiger partial charge in [0.25, 0.3) is 5.91 Å². The second-order valence-corrected chi connectivity index (χ2v) is 10.9. The van der Waals surface area contributed by atoms with Crippen LogP contribution in [0.5, 0.6) is 5.75 Å². The first-order valence-corrected chi connectivity index (χ1v) is 13.6. The highest BCUT2D eigenvalue weighted by molar-refractivity contribution is 7.89. The van der Waals surface area contributed by atoms with Gasteiger partial charge in [-0.2, -0.15) is 9.40 Å². The zero-order chi connectivity index (χ0) is 24.6. The molecule has 2 aromatic carbocycles. The van der Waals surface area contributed by atoms with Gasteiger partial charge in [-0.1, -0.05) is 17.7 Å². The number of rotatable bonds is 7. The summed E-state index contributed by atoms with van der Waals surface area (Å²) in [4.78, 5) is 13.4. The number of amides is 1. The normalized spacial score (nSPS) is 15.8. The Kier molecular flexibility index (Phi) is 6.37. The van der Waals surface area contributed by atoms with Gasteiger partial charge in [0.2, 0.25) is 10.0 Å². The fourth-order valence-electron chi connectivity index (χ4n) is 4.84. The van der Waals surface area contributed by atoms with Crippen LogP contribution in [0.4, 0.5) is 5.69 Å². The van der Waals surface area contributed by atoms with Crippen molar-refractivity contribution < 1.29 is 17.9 Å². The van der Waals surface area contributed by atoms with Crippen LogP contribution in [0.25, 0.3) is 5.69 Å². The first kappa shape index (κ1) is 23.6. The second kappa shape index (κ2) is 9.47. The van der Waals surface area contributed by atoms with Gasteiger partial charge in [0.1, 0.15) is 10.6 Å². The average Bonchev–Trinajstić information content (AvgIpc) is 3.59. The summed E-state index contributed by atoms with van der Waals surface area (Å²) >= 11 is 0. The molecule has 0 bridgehead atoms. The molecule has 1 aliphatic carbocycles. The van der Waals surface area contributed by atoms with E-state index in [2.05, 4.69) is 10.4 Å². The van der Waals surface area contributed by atoms with Gasteiger partial charge in [0.05, 0.1) is 12.3 Å². The van der Waals surface area contributed by atoms with E-state index < -0.39 is 10.0 Å². The molecule has 1 amide bonds. The third kappa shape index (κ3) is 4.46. The van der Waals surface area contributed by atoms with Gasteiger partial charge in [0, 0.05) is 30.0 Å². The van der Waals surface area contributed by atoms with E-state index in [4.69, 9.17) is 4.74 Å². The Morgan fingerprint density at radius 2 is 1.80 bits per heavy atom. The van der Waals surface area contributed by atoms with Gasteiger partial charge in [0.15, 0.2) is 5.69 Å². The van der Waals surface area contributed by atoms with E-state index in [1.54, 1.807) is 12.1 Å². The maximum absolute atomic E-state index is 13.3. The van der Waals surface area contributed by atoms with E-state index in [9.17, 15) is 13.2 Å². The fraction of sp³-hybridized carbons (Fsp3) is 0.385. The van der Waals surface area contributed by atoms with E-state index >= 15 is 0 Å². The molecule has 0 atom stereocenters. The van der Waals surface area contributed by atoms with Gasteiger partial charge in [-0.3, -0.25) is 4.79 Å². The molecule has 5 rings (SSSR count). The Hall–Kier alpha value is -3.17. The van der Waals surface area contributed by atoms with Gasteiger partial charge < -0.3 is 10.1 Å². The summed E-state index contributed by atoms with van der Waals surface area (Å²) in [6, 6.07) is 12.8. The SMILES string of the molecule is CCOc1ccc(NC(=O)c2nn(-c3ccc(C)cc3)c3c2CCC3)cc1S(=O)(=O)N1CCCC1. The summed E-state index contributed by atoms with van der Waals surface area (Å²) in [5, 5.41) is 7.54. The van der Waals surface area contributed by atoms with Crippen LogP contribution in [0.2, 0.25) is 0 Å². The number of benzene rings is 2. The van der Waals surface area contributed by atoms with Crippen LogP contribution in [0.1, 0.15) is 53.5 Å². The van der Waals surface area contributed by atoms with Crippen LogP contribution in [0, 0.1) is 6.92 Å². The molecule has 0 saturated carbocycles. The maximum Gasteiger partial charge on any atom is 0.276 e. The fourth-order valence-corrected chi connectivity index (χ4v) is 6.51. The summed E-state index contributed by atoms with van der Waals surface area (Å²) < 4.78 is 35.5. The number of carbonyl (C=O) groups excluding carboxylic acids is 1. The van der Waals surface area contributed by atoms with Crippen molar-refractivity contribution in [3.8, 4) is 11.4 Å². The predicted octanol–water partition coefficient (Wildman–Crippen LogP) is 4.10. The number of hydrogen-bond acceptors (Lipinski definition) is 5. The van der Waals surface area contributed by atoms with Crippen molar-refractivity contribution >= 4 is 21.6 Å². The molecule has 2 heterocycles. The number of ether oxygens (including phenoxy) is 1. The molecular formula is C26H30N4O4S. The largest absolute Gasteiger partial charge is 0.492 e. The zero-order valence-electron chi connectivity index (χ0n) is 20.1. The Bertz CT molecular complexity index is 1360. The smallest absolute Gasteiger partial charge is 0.276 e. The third-order valence-electron chi connectivity index (χ3n) is 6.61. The van der Waals surface area contributed by atoms with Crippen molar-refractivity contribution in [2.24, 2.45) is 0 Å². The predicted molar refractivity (Wildman–Crippen MR) is 134 cm³/mol. The number of aryl methyl sites for hydroxylation is 1. The summed E-state index contributed by atoms with van der Waals surface area (Å²) in [6.07, 6.45) is 4.32. The highest BCUT2D eigenvalue weighted by Crippen LogP contribution is 2.33. The lowest BCUT2D eigenvalue weighted by Crippen LogP contribution is -2.28. The molecule has 35 heavy (non-hydrogen) atoms. The molecule has 1 fully saturated rings. The van der Waals surface area contributed by atoms with E-state index in [0.717, 1.165) is 54.6 Å². The Morgan fingerprint density at radius 1 is 1.06 bits per heavy atom. The number of fused-ring (bicyclic) bond motifs is 1. The van der Waals surface area contributed by atoms with E-state index in [1.807, 2.05) is 42.8 Å². The van der Waals surface area contributed by atoms with Crippen LogP contribution in [-0.2, 0) is 22.9 Å². The minimum Gasteiger partial charge on any atom is -0.492 e.